The number of fused-ring (bicyclic) bond motifs is 5. The number of rotatable bonds is 6. The molecule has 9 rings (SSSR count). The summed E-state index contributed by atoms with van der Waals surface area (Å²) in [5.74, 6) is 2.41. The van der Waals surface area contributed by atoms with E-state index in [0.29, 0.717) is 29.7 Å². The van der Waals surface area contributed by atoms with Crippen molar-refractivity contribution in [2.45, 2.75) is 44.3 Å². The topological polar surface area (TPSA) is 124 Å². The van der Waals surface area contributed by atoms with Gasteiger partial charge in [-0.2, -0.15) is 0 Å². The van der Waals surface area contributed by atoms with Crippen LogP contribution in [0.5, 0.6) is 5.75 Å². The molecule has 10 nitrogen and oxygen atoms in total. The lowest BCUT2D eigenvalue weighted by atomic mass is 10.1. The van der Waals surface area contributed by atoms with Crippen LogP contribution < -0.4 is 16.0 Å². The largest absolute Gasteiger partial charge is 0.494 e. The maximum absolute atomic E-state index is 13.7. The van der Waals surface area contributed by atoms with Gasteiger partial charge < -0.3 is 29.5 Å². The van der Waals surface area contributed by atoms with Crippen molar-refractivity contribution < 1.29 is 9.53 Å². The number of hydrogen-bond donors (Lipinski definition) is 2. The summed E-state index contributed by atoms with van der Waals surface area (Å²) >= 11 is 0. The number of carbonyl (C=O) groups excluding carboxylic acids is 1. The fourth-order valence-electron chi connectivity index (χ4n) is 7.80. The molecule has 1 aliphatic heterocycles. The van der Waals surface area contributed by atoms with Crippen molar-refractivity contribution in [1.29, 1.82) is 0 Å². The Balaban J connectivity index is 1.15. The second-order valence-corrected chi connectivity index (χ2v) is 13.3. The number of aromatic nitrogens is 5. The van der Waals surface area contributed by atoms with Crippen molar-refractivity contribution >= 4 is 38.9 Å². The van der Waals surface area contributed by atoms with Gasteiger partial charge in [0.05, 0.1) is 24.0 Å². The molecule has 4 aromatic heterocycles. The standard InChI is InChI=1S/C36H35N7O3/c1-41-33-27(14-24(16-30(33)46-2)36(45)43-18-23-7-11-28(43)32(23)37)40-35(41)29-15-22-6-10-26(39-34(22)42(29)17-19-3-4-19)20-5-9-25-21(13-20)8-12-31(44)38-25/h5-6,8-10,12-16,19,23,28,32H,3-4,7,11,17-18,37H2,1-2H3,(H,38,44)/t23?,28?,32-/m1/s1. The van der Waals surface area contributed by atoms with Gasteiger partial charge in [-0.25, -0.2) is 9.97 Å². The predicted octanol–water partition coefficient (Wildman–Crippen LogP) is 5.08. The first-order valence-electron chi connectivity index (χ1n) is 16.1. The first-order chi connectivity index (χ1) is 22.4. The lowest BCUT2D eigenvalue weighted by Gasteiger charge is -2.27. The zero-order valence-electron chi connectivity index (χ0n) is 25.9. The van der Waals surface area contributed by atoms with Crippen LogP contribution in [0.3, 0.4) is 0 Å². The van der Waals surface area contributed by atoms with Crippen LogP contribution in [0.1, 0.15) is 36.0 Å². The average molecular weight is 614 g/mol. The van der Waals surface area contributed by atoms with Gasteiger partial charge in [-0.3, -0.25) is 9.59 Å². The van der Waals surface area contributed by atoms with E-state index in [2.05, 4.69) is 32.3 Å². The number of aromatic amines is 1. The van der Waals surface area contributed by atoms with Gasteiger partial charge >= 0.3 is 0 Å². The molecule has 2 bridgehead atoms. The van der Waals surface area contributed by atoms with Crippen molar-refractivity contribution in [3.05, 3.63) is 76.6 Å². The minimum atomic E-state index is -0.115. The molecule has 1 saturated heterocycles. The third kappa shape index (κ3) is 4.20. The first kappa shape index (κ1) is 27.4. The Morgan fingerprint density at radius 1 is 1.00 bits per heavy atom. The highest BCUT2D eigenvalue weighted by molar-refractivity contribution is 6.00. The molecule has 0 radical (unpaired) electrons. The molecular weight excluding hydrogens is 578 g/mol. The maximum Gasteiger partial charge on any atom is 0.254 e. The number of imidazole rings is 1. The van der Waals surface area contributed by atoms with Crippen LogP contribution in [0.4, 0.5) is 0 Å². The van der Waals surface area contributed by atoms with E-state index in [1.807, 2.05) is 48.3 Å². The molecule has 3 N–H and O–H groups in total. The molecule has 46 heavy (non-hydrogen) atoms. The van der Waals surface area contributed by atoms with Crippen LogP contribution in [0.25, 0.3) is 55.7 Å². The SMILES string of the molecule is COc1cc(C(=O)N2CC3CCC2[C@@H]3N)cc2nc(-c3cc4ccc(-c5ccc6[nH]c(=O)ccc6c5)nc4n3CC3CC3)n(C)c12. The van der Waals surface area contributed by atoms with Crippen molar-refractivity contribution in [3.63, 3.8) is 0 Å². The van der Waals surface area contributed by atoms with E-state index < -0.39 is 0 Å². The second kappa shape index (κ2) is 10.0. The number of nitrogens with zero attached hydrogens (tertiary/aromatic N) is 5. The summed E-state index contributed by atoms with van der Waals surface area (Å²) in [5, 5.41) is 2.00. The number of amides is 1. The van der Waals surface area contributed by atoms with Gasteiger partial charge in [-0.05, 0) is 91.4 Å². The molecule has 3 aliphatic rings. The highest BCUT2D eigenvalue weighted by Gasteiger charge is 2.47. The van der Waals surface area contributed by atoms with Crippen LogP contribution in [0.15, 0.2) is 65.5 Å². The molecule has 1 amide bonds. The summed E-state index contributed by atoms with van der Waals surface area (Å²) in [6.45, 7) is 1.57. The Kier molecular flexibility index (Phi) is 5.96. The number of carbonyl (C=O) groups is 1. The summed E-state index contributed by atoms with van der Waals surface area (Å²) in [6, 6.07) is 19.6. The average Bonchev–Trinajstić information content (AvgIpc) is 3.47. The molecule has 2 aromatic carbocycles. The second-order valence-electron chi connectivity index (χ2n) is 13.3. The molecule has 6 aromatic rings. The van der Waals surface area contributed by atoms with Crippen molar-refractivity contribution in [2.24, 2.45) is 24.6 Å². The third-order valence-corrected chi connectivity index (χ3v) is 10.4. The first-order valence-corrected chi connectivity index (χ1v) is 16.1. The number of methoxy groups -OCH3 is 1. The summed E-state index contributed by atoms with van der Waals surface area (Å²) in [4.78, 5) is 40.7. The summed E-state index contributed by atoms with van der Waals surface area (Å²) in [6.07, 6.45) is 4.46. The fourth-order valence-corrected chi connectivity index (χ4v) is 7.80. The van der Waals surface area contributed by atoms with Crippen LogP contribution in [-0.2, 0) is 13.6 Å². The number of benzene rings is 2. The Morgan fingerprint density at radius 3 is 2.61 bits per heavy atom. The molecule has 10 heteroatoms. The minimum absolute atomic E-state index is 0.00493. The fraction of sp³-hybridized carbons (Fsp3) is 0.333. The molecule has 2 saturated carbocycles. The Hall–Kier alpha value is -4.96. The van der Waals surface area contributed by atoms with Gasteiger partial charge in [0.25, 0.3) is 5.91 Å². The summed E-state index contributed by atoms with van der Waals surface area (Å²) in [7, 11) is 3.65. The number of H-pyrrole nitrogens is 1. The van der Waals surface area contributed by atoms with Gasteiger partial charge in [0.1, 0.15) is 16.9 Å². The van der Waals surface area contributed by atoms with Gasteiger partial charge in [0.15, 0.2) is 5.82 Å². The number of piperidine rings is 1. The zero-order chi connectivity index (χ0) is 31.3. The summed E-state index contributed by atoms with van der Waals surface area (Å²) < 4.78 is 10.2. The van der Waals surface area contributed by atoms with E-state index in [1.165, 1.54) is 12.8 Å². The Labute approximate surface area is 264 Å². The highest BCUT2D eigenvalue weighted by Crippen LogP contribution is 2.40. The number of nitrogens with two attached hydrogens (primary N) is 1. The Bertz CT molecular complexity index is 2280. The van der Waals surface area contributed by atoms with Crippen molar-refractivity contribution in [3.8, 4) is 28.5 Å². The molecular formula is C36H35N7O3. The van der Waals surface area contributed by atoms with Crippen molar-refractivity contribution in [1.82, 2.24) is 29.0 Å². The van der Waals surface area contributed by atoms with Crippen LogP contribution in [0.2, 0.25) is 0 Å². The highest BCUT2D eigenvalue weighted by atomic mass is 16.5. The van der Waals surface area contributed by atoms with Gasteiger partial charge in [-0.15, -0.1) is 0 Å². The monoisotopic (exact) mass is 613 g/mol. The quantitative estimate of drug-likeness (QED) is 0.270. The van der Waals surface area contributed by atoms with Crippen molar-refractivity contribution in [2.75, 3.05) is 13.7 Å². The molecule has 5 heterocycles. The summed E-state index contributed by atoms with van der Waals surface area (Å²) in [5.41, 5.74) is 13.0. The van der Waals surface area contributed by atoms with E-state index in [4.69, 9.17) is 20.4 Å². The van der Waals surface area contributed by atoms with Crippen LogP contribution in [-0.4, -0.2) is 60.6 Å². The molecule has 2 aliphatic carbocycles. The van der Waals surface area contributed by atoms with E-state index >= 15 is 0 Å². The number of ether oxygens (including phenoxy) is 1. The van der Waals surface area contributed by atoms with Gasteiger partial charge in [0.2, 0.25) is 5.56 Å². The van der Waals surface area contributed by atoms with E-state index in [-0.39, 0.29) is 23.6 Å². The number of hydrogen-bond acceptors (Lipinski definition) is 6. The zero-order valence-corrected chi connectivity index (χ0v) is 25.9. The van der Waals surface area contributed by atoms with Crippen LogP contribution in [0, 0.1) is 11.8 Å². The lowest BCUT2D eigenvalue weighted by Crippen LogP contribution is -2.41. The van der Waals surface area contributed by atoms with E-state index in [0.717, 1.165) is 75.1 Å². The molecule has 2 unspecified atom stereocenters. The molecule has 3 fully saturated rings. The van der Waals surface area contributed by atoms with Crippen LogP contribution >= 0.6 is 0 Å². The predicted molar refractivity (Wildman–Crippen MR) is 178 cm³/mol. The molecule has 232 valence electrons. The van der Waals surface area contributed by atoms with E-state index in [1.54, 1.807) is 13.2 Å². The molecule has 3 atom stereocenters. The smallest absolute Gasteiger partial charge is 0.254 e. The number of pyridine rings is 2. The third-order valence-electron chi connectivity index (χ3n) is 10.4. The minimum Gasteiger partial charge on any atom is -0.494 e. The maximum atomic E-state index is 13.7. The lowest BCUT2D eigenvalue weighted by molar-refractivity contribution is 0.0700. The van der Waals surface area contributed by atoms with Gasteiger partial charge in [-0.1, -0.05) is 6.07 Å². The van der Waals surface area contributed by atoms with Gasteiger partial charge in [0, 0.05) is 60.3 Å². The number of nitrogens with one attached hydrogen (secondary N) is 1. The number of likely N-dealkylation sites (tertiary alicyclic amines) is 1. The Morgan fingerprint density at radius 2 is 1.85 bits per heavy atom. The van der Waals surface area contributed by atoms with E-state index in [9.17, 15) is 9.59 Å². The normalized spacial score (nSPS) is 20.8. The number of aryl methyl sites for hydroxylation is 1. The molecule has 0 spiro atoms.